The Morgan fingerprint density at radius 1 is 1.27 bits per heavy atom. The van der Waals surface area contributed by atoms with E-state index < -0.39 is 4.92 Å². The zero-order chi connectivity index (χ0) is 19.1. The Morgan fingerprint density at radius 3 is 2.54 bits per heavy atom. The molecule has 0 unspecified atom stereocenters. The van der Waals surface area contributed by atoms with Gasteiger partial charge in [-0.05, 0) is 17.7 Å². The summed E-state index contributed by atoms with van der Waals surface area (Å²) in [4.78, 5) is 23.9. The second-order valence-electron chi connectivity index (χ2n) is 5.60. The summed E-state index contributed by atoms with van der Waals surface area (Å²) in [6.45, 7) is 0.476. The van der Waals surface area contributed by atoms with Gasteiger partial charge in [-0.15, -0.1) is 0 Å². The molecule has 1 amide bonds. The van der Waals surface area contributed by atoms with Crippen LogP contribution in [-0.2, 0) is 6.54 Å². The van der Waals surface area contributed by atoms with Crippen molar-refractivity contribution < 1.29 is 9.72 Å². The normalized spacial score (nSPS) is 10.7. The minimum atomic E-state index is -0.467. The molecular weight excluding hydrogens is 332 g/mol. The van der Waals surface area contributed by atoms with E-state index in [9.17, 15) is 14.9 Å². The Hall–Kier alpha value is -3.66. The van der Waals surface area contributed by atoms with E-state index >= 15 is 0 Å². The van der Waals surface area contributed by atoms with Gasteiger partial charge < -0.3 is 10.2 Å². The number of carbonyl (C=O) groups excluding carboxylic acids is 1. The van der Waals surface area contributed by atoms with Crippen LogP contribution < -0.4 is 5.32 Å². The molecule has 2 aromatic rings. The van der Waals surface area contributed by atoms with E-state index in [0.29, 0.717) is 23.4 Å². The van der Waals surface area contributed by atoms with Crippen LogP contribution in [0.25, 0.3) is 5.70 Å². The van der Waals surface area contributed by atoms with Gasteiger partial charge in [0.15, 0.2) is 0 Å². The summed E-state index contributed by atoms with van der Waals surface area (Å²) in [6.07, 6.45) is 1.36. The fraction of sp³-hybridized carbons (Fsp3) is 0.158. The van der Waals surface area contributed by atoms with Crippen molar-refractivity contribution in [1.82, 2.24) is 10.2 Å². The van der Waals surface area contributed by atoms with Gasteiger partial charge in [-0.1, -0.05) is 24.3 Å². The van der Waals surface area contributed by atoms with Gasteiger partial charge in [0.05, 0.1) is 16.7 Å². The van der Waals surface area contributed by atoms with Crippen molar-refractivity contribution in [2.75, 3.05) is 14.1 Å². The second-order valence-corrected chi connectivity index (χ2v) is 5.60. The number of nitro groups is 1. The van der Waals surface area contributed by atoms with Crippen LogP contribution in [0, 0.1) is 21.4 Å². The average molecular weight is 350 g/mol. The Labute approximate surface area is 151 Å². The Kier molecular flexibility index (Phi) is 6.06. The number of nitro benzene ring substituents is 1. The van der Waals surface area contributed by atoms with Gasteiger partial charge in [-0.3, -0.25) is 14.9 Å². The summed E-state index contributed by atoms with van der Waals surface area (Å²) in [5.74, 6) is -0.161. The molecule has 2 rings (SSSR count). The quantitative estimate of drug-likeness (QED) is 0.490. The lowest BCUT2D eigenvalue weighted by Crippen LogP contribution is -2.18. The van der Waals surface area contributed by atoms with Crippen LogP contribution in [0.4, 0.5) is 5.69 Å². The van der Waals surface area contributed by atoms with Crippen molar-refractivity contribution in [3.05, 3.63) is 81.4 Å². The van der Waals surface area contributed by atoms with Gasteiger partial charge in [0.25, 0.3) is 11.6 Å². The summed E-state index contributed by atoms with van der Waals surface area (Å²) in [5, 5.41) is 22.6. The van der Waals surface area contributed by atoms with Gasteiger partial charge in [-0.2, -0.15) is 5.26 Å². The number of nitriles is 1. The third-order valence-electron chi connectivity index (χ3n) is 3.83. The van der Waals surface area contributed by atoms with E-state index in [1.807, 2.05) is 23.1 Å². The fourth-order valence-corrected chi connectivity index (χ4v) is 2.52. The molecule has 0 bridgehead atoms. The molecule has 0 radical (unpaired) electrons. The van der Waals surface area contributed by atoms with Crippen LogP contribution in [0.1, 0.15) is 21.5 Å². The molecule has 0 saturated carbocycles. The monoisotopic (exact) mass is 350 g/mol. The van der Waals surface area contributed by atoms with Gasteiger partial charge >= 0.3 is 0 Å². The van der Waals surface area contributed by atoms with E-state index in [0.717, 1.165) is 5.56 Å². The summed E-state index contributed by atoms with van der Waals surface area (Å²) in [5.41, 5.74) is 2.63. The van der Waals surface area contributed by atoms with Crippen LogP contribution in [0.15, 0.2) is 54.6 Å². The van der Waals surface area contributed by atoms with E-state index in [4.69, 9.17) is 5.26 Å². The van der Waals surface area contributed by atoms with Gasteiger partial charge in [0, 0.05) is 50.0 Å². The van der Waals surface area contributed by atoms with Crippen molar-refractivity contribution in [2.24, 2.45) is 0 Å². The lowest BCUT2D eigenvalue weighted by molar-refractivity contribution is -0.384. The topological polar surface area (TPSA) is 99.3 Å². The number of rotatable bonds is 6. The molecule has 2 aromatic carbocycles. The fourth-order valence-electron chi connectivity index (χ4n) is 2.52. The van der Waals surface area contributed by atoms with Gasteiger partial charge in [0.2, 0.25) is 0 Å². The number of non-ortho nitro benzene ring substituents is 1. The molecule has 0 atom stereocenters. The largest absolute Gasteiger partial charge is 0.369 e. The highest BCUT2D eigenvalue weighted by Crippen LogP contribution is 2.24. The van der Waals surface area contributed by atoms with Crippen molar-refractivity contribution in [1.29, 1.82) is 5.26 Å². The maximum atomic E-state index is 11.6. The number of hydrogen-bond acceptors (Lipinski definition) is 5. The molecule has 7 heteroatoms. The first-order valence-electron chi connectivity index (χ1n) is 7.83. The number of nitrogens with one attached hydrogen (secondary N) is 1. The highest BCUT2D eigenvalue weighted by atomic mass is 16.6. The number of allylic oxidation sites excluding steroid dienone is 1. The zero-order valence-electron chi connectivity index (χ0n) is 14.5. The number of hydrogen-bond donors (Lipinski definition) is 1. The third-order valence-corrected chi connectivity index (χ3v) is 3.83. The Morgan fingerprint density at radius 2 is 1.96 bits per heavy atom. The second kappa shape index (κ2) is 8.44. The standard InChI is InChI=1S/C19H18N4O3/c1-21-19(24)15-8-6-14(7-9-15)13-22(2)18(10-11-20)16-4-3-5-17(12-16)23(25)26/h3-10,12H,13H2,1-2H3,(H,21,24)/b18-10+. The molecule has 132 valence electrons. The van der Waals surface area contributed by atoms with E-state index in [-0.39, 0.29) is 11.6 Å². The first-order valence-corrected chi connectivity index (χ1v) is 7.83. The van der Waals surface area contributed by atoms with Crippen molar-refractivity contribution in [2.45, 2.75) is 6.54 Å². The smallest absolute Gasteiger partial charge is 0.270 e. The third kappa shape index (κ3) is 4.45. The molecule has 0 aliphatic carbocycles. The molecule has 7 nitrogen and oxygen atoms in total. The van der Waals surface area contributed by atoms with Crippen molar-refractivity contribution in [3.63, 3.8) is 0 Å². The number of amides is 1. The maximum Gasteiger partial charge on any atom is 0.270 e. The van der Waals surface area contributed by atoms with E-state index in [2.05, 4.69) is 5.32 Å². The molecule has 0 aliphatic heterocycles. The van der Waals surface area contributed by atoms with Gasteiger partial charge in [-0.25, -0.2) is 0 Å². The summed E-state index contributed by atoms with van der Waals surface area (Å²) in [7, 11) is 3.37. The van der Waals surface area contributed by atoms with Crippen LogP contribution >= 0.6 is 0 Å². The van der Waals surface area contributed by atoms with Crippen LogP contribution in [0.3, 0.4) is 0 Å². The molecular formula is C19H18N4O3. The molecule has 0 aromatic heterocycles. The average Bonchev–Trinajstić information content (AvgIpc) is 2.66. The SMILES string of the molecule is CNC(=O)c1ccc(CN(C)/C(=C/C#N)c2cccc([N+](=O)[O-])c2)cc1. The molecule has 0 saturated heterocycles. The number of nitrogens with zero attached hydrogens (tertiary/aromatic N) is 3. The Bertz CT molecular complexity index is 882. The molecule has 26 heavy (non-hydrogen) atoms. The molecule has 0 fully saturated rings. The maximum absolute atomic E-state index is 11.6. The first-order chi connectivity index (χ1) is 12.5. The summed E-state index contributed by atoms with van der Waals surface area (Å²) >= 11 is 0. The lowest BCUT2D eigenvalue weighted by Gasteiger charge is -2.22. The molecule has 0 heterocycles. The minimum absolute atomic E-state index is 0.0327. The summed E-state index contributed by atoms with van der Waals surface area (Å²) in [6, 6.07) is 15.3. The molecule has 1 N–H and O–H groups in total. The summed E-state index contributed by atoms with van der Waals surface area (Å²) < 4.78 is 0. The number of carbonyl (C=O) groups is 1. The highest BCUT2D eigenvalue weighted by Gasteiger charge is 2.13. The van der Waals surface area contributed by atoms with E-state index in [1.54, 1.807) is 38.4 Å². The van der Waals surface area contributed by atoms with Crippen molar-refractivity contribution in [3.8, 4) is 6.07 Å². The van der Waals surface area contributed by atoms with E-state index in [1.165, 1.54) is 18.2 Å². The predicted molar refractivity (Wildman–Crippen MR) is 98.0 cm³/mol. The molecule has 0 aliphatic rings. The number of benzene rings is 2. The van der Waals surface area contributed by atoms with Crippen LogP contribution in [0.5, 0.6) is 0 Å². The first kappa shape index (κ1) is 18.7. The highest BCUT2D eigenvalue weighted by molar-refractivity contribution is 5.93. The van der Waals surface area contributed by atoms with Gasteiger partial charge in [0.1, 0.15) is 0 Å². The van der Waals surface area contributed by atoms with Crippen LogP contribution in [-0.4, -0.2) is 29.8 Å². The minimum Gasteiger partial charge on any atom is -0.369 e. The zero-order valence-corrected chi connectivity index (χ0v) is 14.5. The Balaban J connectivity index is 2.24. The molecule has 0 spiro atoms. The van der Waals surface area contributed by atoms with Crippen molar-refractivity contribution >= 4 is 17.3 Å². The predicted octanol–water partition coefficient (Wildman–Crippen LogP) is 2.95. The van der Waals surface area contributed by atoms with Crippen LogP contribution in [0.2, 0.25) is 0 Å². The lowest BCUT2D eigenvalue weighted by atomic mass is 10.1.